The number of nitrogens with zero attached hydrogens (tertiary/aromatic N) is 2. The first-order valence-electron chi connectivity index (χ1n) is 3.82. The van der Waals surface area contributed by atoms with Crippen molar-refractivity contribution in [2.45, 2.75) is 18.9 Å². The van der Waals surface area contributed by atoms with Gasteiger partial charge < -0.3 is 4.98 Å². The van der Waals surface area contributed by atoms with Gasteiger partial charge >= 0.3 is 5.69 Å². The molecule has 0 aromatic carbocycles. The molecule has 0 saturated carbocycles. The Bertz CT molecular complexity index is 405. The molecule has 0 aliphatic heterocycles. The minimum Gasteiger partial charge on any atom is -0.309 e. The van der Waals surface area contributed by atoms with Crippen molar-refractivity contribution in [2.24, 2.45) is 0 Å². The van der Waals surface area contributed by atoms with Crippen LogP contribution in [0.15, 0.2) is 9.82 Å². The number of hydrogen-bond acceptors (Lipinski definition) is 4. The number of H-pyrrole nitrogens is 1. The summed E-state index contributed by atoms with van der Waals surface area (Å²) in [4.78, 5) is 17.2. The Kier molecular flexibility index (Phi) is 3.09. The number of aromatic nitrogens is 2. The van der Waals surface area contributed by atoms with E-state index in [1.54, 1.807) is 6.92 Å². The molecule has 0 spiro atoms. The predicted octanol–water partition coefficient (Wildman–Crippen LogP) is 1.06. The molecule has 1 N–H and O–H groups in total. The highest BCUT2D eigenvalue weighted by Gasteiger charge is 2.07. The van der Waals surface area contributed by atoms with Crippen LogP contribution in [0.3, 0.4) is 0 Å². The fourth-order valence-corrected chi connectivity index (χ4v) is 1.70. The van der Waals surface area contributed by atoms with Crippen LogP contribution in [-0.2, 0) is 0 Å². The molecule has 13 heavy (non-hydrogen) atoms. The average Bonchev–Trinajstić information content (AvgIpc) is 2.04. The van der Waals surface area contributed by atoms with Gasteiger partial charge in [0.15, 0.2) is 0 Å². The number of hydrogen-bond donors (Lipinski definition) is 1. The van der Waals surface area contributed by atoms with Gasteiger partial charge in [-0.05, 0) is 12.7 Å². The summed E-state index contributed by atoms with van der Waals surface area (Å²) < 4.78 is 0. The highest BCUT2D eigenvalue weighted by Crippen LogP contribution is 2.18. The van der Waals surface area contributed by atoms with E-state index in [1.165, 1.54) is 11.8 Å². The molecule has 5 heteroatoms. The lowest BCUT2D eigenvalue weighted by Crippen LogP contribution is -2.14. The van der Waals surface area contributed by atoms with Gasteiger partial charge in [-0.3, -0.25) is 0 Å². The zero-order valence-corrected chi connectivity index (χ0v) is 8.23. The average molecular weight is 195 g/mol. The third-order valence-electron chi connectivity index (χ3n) is 1.48. The first-order valence-corrected chi connectivity index (χ1v) is 4.81. The molecule has 1 heterocycles. The summed E-state index contributed by atoms with van der Waals surface area (Å²) in [5.74, 6) is 0.796. The Balaban J connectivity index is 3.31. The fraction of sp³-hybridized carbons (Fsp3) is 0.375. The predicted molar refractivity (Wildman–Crippen MR) is 50.7 cm³/mol. The number of nitrogens with one attached hydrogen (secondary N) is 1. The summed E-state index contributed by atoms with van der Waals surface area (Å²) in [5.41, 5.74) is 0.650. The van der Waals surface area contributed by atoms with Crippen molar-refractivity contribution in [3.05, 3.63) is 21.7 Å². The number of nitriles is 1. The molecular formula is C8H9N3OS. The zero-order valence-electron chi connectivity index (χ0n) is 7.42. The maximum Gasteiger partial charge on any atom is 0.346 e. The van der Waals surface area contributed by atoms with Gasteiger partial charge in [-0.15, -0.1) is 11.8 Å². The standard InChI is InChI=1S/C8H9N3OS/c1-3-13-7-6(4-9)5(2)10-8(12)11-7/h3H2,1-2H3,(H,10,11,12). The maximum absolute atomic E-state index is 11.0. The third-order valence-corrected chi connectivity index (χ3v) is 2.34. The van der Waals surface area contributed by atoms with E-state index < -0.39 is 5.69 Å². The molecule has 0 fully saturated rings. The Labute approximate surface area is 80.0 Å². The van der Waals surface area contributed by atoms with E-state index in [2.05, 4.69) is 9.97 Å². The smallest absolute Gasteiger partial charge is 0.309 e. The molecule has 0 atom stereocenters. The van der Waals surface area contributed by atoms with Crippen molar-refractivity contribution in [3.63, 3.8) is 0 Å². The van der Waals surface area contributed by atoms with Crippen LogP contribution in [0.1, 0.15) is 18.2 Å². The topological polar surface area (TPSA) is 69.5 Å². The van der Waals surface area contributed by atoms with Crippen LogP contribution in [0.25, 0.3) is 0 Å². The van der Waals surface area contributed by atoms with Gasteiger partial charge in [0, 0.05) is 5.69 Å². The van der Waals surface area contributed by atoms with Crippen molar-refractivity contribution in [3.8, 4) is 6.07 Å². The normalized spacial score (nSPS) is 9.62. The highest BCUT2D eigenvalue weighted by molar-refractivity contribution is 7.99. The van der Waals surface area contributed by atoms with Gasteiger partial charge in [0.1, 0.15) is 16.7 Å². The SMILES string of the molecule is CCSc1nc(=O)[nH]c(C)c1C#N. The molecule has 0 radical (unpaired) electrons. The summed E-state index contributed by atoms with van der Waals surface area (Å²) in [6.45, 7) is 3.64. The molecule has 0 amide bonds. The third kappa shape index (κ3) is 2.10. The molecule has 1 aromatic heterocycles. The van der Waals surface area contributed by atoms with Gasteiger partial charge in [0.2, 0.25) is 0 Å². The summed E-state index contributed by atoms with van der Waals surface area (Å²) in [5, 5.41) is 9.31. The fourth-order valence-electron chi connectivity index (χ4n) is 0.932. The van der Waals surface area contributed by atoms with Crippen LogP contribution >= 0.6 is 11.8 Å². The molecule has 0 aliphatic rings. The molecule has 4 nitrogen and oxygen atoms in total. The van der Waals surface area contributed by atoms with E-state index >= 15 is 0 Å². The van der Waals surface area contributed by atoms with Crippen LogP contribution in [0.2, 0.25) is 0 Å². The number of thioether (sulfide) groups is 1. The zero-order chi connectivity index (χ0) is 9.84. The lowest BCUT2D eigenvalue weighted by atomic mass is 10.3. The monoisotopic (exact) mass is 195 g/mol. The van der Waals surface area contributed by atoms with E-state index in [0.717, 1.165) is 5.75 Å². The number of rotatable bonds is 2. The second kappa shape index (κ2) is 4.10. The van der Waals surface area contributed by atoms with Crippen molar-refractivity contribution in [2.75, 3.05) is 5.75 Å². The van der Waals surface area contributed by atoms with Crippen molar-refractivity contribution in [1.82, 2.24) is 9.97 Å². The van der Waals surface area contributed by atoms with Crippen LogP contribution in [0, 0.1) is 18.3 Å². The summed E-state index contributed by atoms with van der Waals surface area (Å²) in [6, 6.07) is 2.02. The Hall–Kier alpha value is -1.28. The molecule has 0 saturated heterocycles. The molecule has 0 unspecified atom stereocenters. The van der Waals surface area contributed by atoms with Crippen LogP contribution in [-0.4, -0.2) is 15.7 Å². The first kappa shape index (κ1) is 9.81. The van der Waals surface area contributed by atoms with Gasteiger partial charge in [0.05, 0.1) is 0 Å². The maximum atomic E-state index is 11.0. The van der Waals surface area contributed by atoms with Crippen LogP contribution in [0.5, 0.6) is 0 Å². The summed E-state index contributed by atoms with van der Waals surface area (Å²) in [7, 11) is 0. The minimum absolute atomic E-state index is 0.396. The van der Waals surface area contributed by atoms with Crippen molar-refractivity contribution in [1.29, 1.82) is 5.26 Å². The van der Waals surface area contributed by atoms with Crippen molar-refractivity contribution < 1.29 is 0 Å². The summed E-state index contributed by atoms with van der Waals surface area (Å²) >= 11 is 1.40. The minimum atomic E-state index is -0.396. The van der Waals surface area contributed by atoms with Gasteiger partial charge in [0.25, 0.3) is 0 Å². The molecular weight excluding hydrogens is 186 g/mol. The van der Waals surface area contributed by atoms with Crippen LogP contribution < -0.4 is 5.69 Å². The molecule has 1 aromatic rings. The summed E-state index contributed by atoms with van der Waals surface area (Å²) in [6.07, 6.45) is 0. The van der Waals surface area contributed by atoms with Crippen LogP contribution in [0.4, 0.5) is 0 Å². The second-order valence-electron chi connectivity index (χ2n) is 2.39. The number of aryl methyl sites for hydroxylation is 1. The van der Waals surface area contributed by atoms with Gasteiger partial charge in [-0.25, -0.2) is 4.79 Å². The van der Waals surface area contributed by atoms with E-state index in [4.69, 9.17) is 5.26 Å². The Morgan fingerprint density at radius 1 is 1.69 bits per heavy atom. The van der Waals surface area contributed by atoms with E-state index in [-0.39, 0.29) is 0 Å². The molecule has 0 aliphatic carbocycles. The Morgan fingerprint density at radius 2 is 2.38 bits per heavy atom. The van der Waals surface area contributed by atoms with Crippen molar-refractivity contribution >= 4 is 11.8 Å². The van der Waals surface area contributed by atoms with E-state index in [9.17, 15) is 4.79 Å². The largest absolute Gasteiger partial charge is 0.346 e. The van der Waals surface area contributed by atoms with E-state index in [0.29, 0.717) is 16.3 Å². The van der Waals surface area contributed by atoms with Gasteiger partial charge in [-0.1, -0.05) is 6.92 Å². The van der Waals surface area contributed by atoms with E-state index in [1.807, 2.05) is 13.0 Å². The molecule has 0 bridgehead atoms. The Morgan fingerprint density at radius 3 is 2.92 bits per heavy atom. The lowest BCUT2D eigenvalue weighted by Gasteiger charge is -2.01. The molecule has 1 rings (SSSR count). The number of aromatic amines is 1. The molecule has 68 valence electrons. The highest BCUT2D eigenvalue weighted by atomic mass is 32.2. The van der Waals surface area contributed by atoms with Gasteiger partial charge in [-0.2, -0.15) is 10.2 Å². The lowest BCUT2D eigenvalue weighted by molar-refractivity contribution is 0.931. The quantitative estimate of drug-likeness (QED) is 0.566. The second-order valence-corrected chi connectivity index (χ2v) is 3.64. The first-order chi connectivity index (χ1) is 6.19.